The smallest absolute Gasteiger partial charge is 0.270 e. The van der Waals surface area contributed by atoms with E-state index in [1.807, 2.05) is 0 Å². The molecule has 2 aromatic rings. The van der Waals surface area contributed by atoms with Crippen molar-refractivity contribution in [2.75, 3.05) is 12.0 Å². The molecule has 0 radical (unpaired) electrons. The molecular formula is C18H12BrFN2O3S. The van der Waals surface area contributed by atoms with Gasteiger partial charge in [-0.2, -0.15) is 0 Å². The first-order valence-electron chi connectivity index (χ1n) is 7.41. The Morgan fingerprint density at radius 1 is 1.19 bits per heavy atom. The Labute approximate surface area is 162 Å². The van der Waals surface area contributed by atoms with Crippen LogP contribution in [0.25, 0.3) is 6.08 Å². The van der Waals surface area contributed by atoms with Gasteiger partial charge in [-0.25, -0.2) is 4.39 Å². The average molecular weight is 435 g/mol. The normalized spacial score (nSPS) is 16.0. The summed E-state index contributed by atoms with van der Waals surface area (Å²) in [6, 6.07) is 10.5. The number of halogens is 2. The molecule has 1 heterocycles. The molecule has 0 unspecified atom stereocenters. The van der Waals surface area contributed by atoms with E-state index in [4.69, 9.17) is 17.0 Å². The van der Waals surface area contributed by atoms with Gasteiger partial charge in [-0.1, -0.05) is 15.9 Å². The van der Waals surface area contributed by atoms with Gasteiger partial charge in [0.15, 0.2) is 5.11 Å². The first-order valence-corrected chi connectivity index (χ1v) is 8.61. The van der Waals surface area contributed by atoms with Crippen LogP contribution in [-0.2, 0) is 9.59 Å². The van der Waals surface area contributed by atoms with Crippen LogP contribution in [-0.4, -0.2) is 24.0 Å². The Bertz CT molecular complexity index is 944. The summed E-state index contributed by atoms with van der Waals surface area (Å²) in [6.45, 7) is 0. The van der Waals surface area contributed by atoms with Crippen LogP contribution < -0.4 is 15.0 Å². The Morgan fingerprint density at radius 2 is 1.88 bits per heavy atom. The molecular weight excluding hydrogens is 423 g/mol. The molecule has 1 N–H and O–H groups in total. The van der Waals surface area contributed by atoms with Gasteiger partial charge in [-0.3, -0.25) is 19.8 Å². The van der Waals surface area contributed by atoms with Crippen LogP contribution in [0.4, 0.5) is 10.1 Å². The highest BCUT2D eigenvalue weighted by atomic mass is 79.9. The van der Waals surface area contributed by atoms with Gasteiger partial charge in [0.2, 0.25) is 0 Å². The highest BCUT2D eigenvalue weighted by molar-refractivity contribution is 9.10. The Hall–Kier alpha value is -2.58. The minimum absolute atomic E-state index is 0.0648. The number of carbonyl (C=O) groups is 2. The van der Waals surface area contributed by atoms with Crippen molar-refractivity contribution in [3.63, 3.8) is 0 Å². The fraction of sp³-hybridized carbons (Fsp3) is 0.0556. The summed E-state index contributed by atoms with van der Waals surface area (Å²) < 4.78 is 19.2. The van der Waals surface area contributed by atoms with Crippen molar-refractivity contribution in [1.82, 2.24) is 5.32 Å². The number of anilines is 1. The van der Waals surface area contributed by atoms with Crippen molar-refractivity contribution >= 4 is 56.8 Å². The second-order valence-corrected chi connectivity index (χ2v) is 6.62. The molecule has 8 heteroatoms. The third kappa shape index (κ3) is 3.51. The zero-order chi connectivity index (χ0) is 18.8. The van der Waals surface area contributed by atoms with E-state index < -0.39 is 17.6 Å². The van der Waals surface area contributed by atoms with Gasteiger partial charge in [0, 0.05) is 10.0 Å². The molecule has 26 heavy (non-hydrogen) atoms. The predicted octanol–water partition coefficient (Wildman–Crippen LogP) is 3.43. The average Bonchev–Trinajstić information content (AvgIpc) is 2.60. The van der Waals surface area contributed by atoms with Crippen LogP contribution in [0.2, 0.25) is 0 Å². The second kappa shape index (κ2) is 7.35. The number of methoxy groups -OCH3 is 1. The molecule has 0 aromatic heterocycles. The van der Waals surface area contributed by atoms with Crippen LogP contribution >= 0.6 is 28.1 Å². The van der Waals surface area contributed by atoms with Crippen LogP contribution in [0.5, 0.6) is 5.75 Å². The fourth-order valence-electron chi connectivity index (χ4n) is 2.46. The number of thiocarbonyl (C=S) groups is 1. The van der Waals surface area contributed by atoms with Crippen LogP contribution in [0.15, 0.2) is 52.5 Å². The number of rotatable bonds is 3. The van der Waals surface area contributed by atoms with Gasteiger partial charge in [-0.15, -0.1) is 0 Å². The van der Waals surface area contributed by atoms with E-state index in [1.165, 1.54) is 37.5 Å². The molecule has 132 valence electrons. The van der Waals surface area contributed by atoms with E-state index in [2.05, 4.69) is 21.2 Å². The van der Waals surface area contributed by atoms with E-state index in [1.54, 1.807) is 18.2 Å². The largest absolute Gasteiger partial charge is 0.496 e. The molecule has 0 spiro atoms. The molecule has 1 aliphatic heterocycles. The molecule has 0 bridgehead atoms. The third-order valence-electron chi connectivity index (χ3n) is 3.68. The second-order valence-electron chi connectivity index (χ2n) is 5.32. The molecule has 0 atom stereocenters. The van der Waals surface area contributed by atoms with Gasteiger partial charge in [0.05, 0.1) is 12.8 Å². The zero-order valence-corrected chi connectivity index (χ0v) is 15.9. The zero-order valence-electron chi connectivity index (χ0n) is 13.5. The van der Waals surface area contributed by atoms with E-state index >= 15 is 0 Å². The molecule has 1 saturated heterocycles. The van der Waals surface area contributed by atoms with E-state index in [0.717, 1.165) is 9.37 Å². The molecule has 2 aromatic carbocycles. The van der Waals surface area contributed by atoms with Gasteiger partial charge >= 0.3 is 0 Å². The lowest BCUT2D eigenvalue weighted by Crippen LogP contribution is -2.54. The highest BCUT2D eigenvalue weighted by Gasteiger charge is 2.34. The van der Waals surface area contributed by atoms with Gasteiger partial charge in [-0.05, 0) is 60.8 Å². The summed E-state index contributed by atoms with van der Waals surface area (Å²) in [5.74, 6) is -1.15. The minimum Gasteiger partial charge on any atom is -0.496 e. The number of nitrogens with one attached hydrogen (secondary N) is 1. The lowest BCUT2D eigenvalue weighted by molar-refractivity contribution is -0.122. The quantitative estimate of drug-likeness (QED) is 0.456. The van der Waals surface area contributed by atoms with Crippen LogP contribution in [0.1, 0.15) is 5.56 Å². The number of ether oxygens (including phenoxy) is 1. The van der Waals surface area contributed by atoms with Crippen molar-refractivity contribution in [3.8, 4) is 5.75 Å². The summed E-state index contributed by atoms with van der Waals surface area (Å²) >= 11 is 8.45. The number of nitrogens with zero attached hydrogens (tertiary/aromatic N) is 1. The maximum atomic E-state index is 13.2. The predicted molar refractivity (Wildman–Crippen MR) is 103 cm³/mol. The maximum absolute atomic E-state index is 13.2. The Morgan fingerprint density at radius 3 is 2.54 bits per heavy atom. The monoisotopic (exact) mass is 434 g/mol. The number of amides is 2. The Kier molecular flexibility index (Phi) is 5.15. The topological polar surface area (TPSA) is 58.6 Å². The van der Waals surface area contributed by atoms with Crippen LogP contribution in [0.3, 0.4) is 0 Å². The van der Waals surface area contributed by atoms with E-state index in [-0.39, 0.29) is 10.7 Å². The lowest BCUT2D eigenvalue weighted by atomic mass is 10.1. The molecule has 1 aliphatic rings. The summed E-state index contributed by atoms with van der Waals surface area (Å²) in [5, 5.41) is 2.41. The van der Waals surface area contributed by atoms with Crippen LogP contribution in [0, 0.1) is 5.82 Å². The summed E-state index contributed by atoms with van der Waals surface area (Å²) in [6.07, 6.45) is 1.43. The van der Waals surface area contributed by atoms with Crippen molar-refractivity contribution in [1.29, 1.82) is 0 Å². The molecule has 5 nitrogen and oxygen atoms in total. The van der Waals surface area contributed by atoms with Crippen molar-refractivity contribution in [2.45, 2.75) is 0 Å². The number of benzene rings is 2. The molecule has 3 rings (SSSR count). The van der Waals surface area contributed by atoms with Crippen molar-refractivity contribution in [3.05, 3.63) is 63.9 Å². The SMILES string of the molecule is COc1ccc(Br)cc1/C=C1/C(=O)NC(=S)N(c2ccc(F)cc2)C1=O. The van der Waals surface area contributed by atoms with Crippen molar-refractivity contribution in [2.24, 2.45) is 0 Å². The van der Waals surface area contributed by atoms with Gasteiger partial charge in [0.25, 0.3) is 11.8 Å². The lowest BCUT2D eigenvalue weighted by Gasteiger charge is -2.29. The standard InChI is InChI=1S/C18H12BrFN2O3S/c1-25-15-7-2-11(19)8-10(15)9-14-16(23)21-18(26)22(17(14)24)13-5-3-12(20)4-6-13/h2-9H,1H3,(H,21,23,26)/b14-9-. The first-order chi connectivity index (χ1) is 12.4. The first kappa shape index (κ1) is 18.2. The number of carbonyl (C=O) groups excluding carboxylic acids is 2. The molecule has 0 aliphatic carbocycles. The number of hydrogen-bond acceptors (Lipinski definition) is 4. The third-order valence-corrected chi connectivity index (χ3v) is 4.46. The van der Waals surface area contributed by atoms with E-state index in [0.29, 0.717) is 17.0 Å². The van der Waals surface area contributed by atoms with Crippen molar-refractivity contribution < 1.29 is 18.7 Å². The van der Waals surface area contributed by atoms with Gasteiger partial charge < -0.3 is 4.74 Å². The minimum atomic E-state index is -0.611. The summed E-state index contributed by atoms with van der Waals surface area (Å²) in [5.41, 5.74) is 0.792. The fourth-order valence-corrected chi connectivity index (χ4v) is 3.12. The van der Waals surface area contributed by atoms with Gasteiger partial charge in [0.1, 0.15) is 17.1 Å². The molecule has 1 fully saturated rings. The number of hydrogen-bond donors (Lipinski definition) is 1. The maximum Gasteiger partial charge on any atom is 0.270 e. The molecule has 0 saturated carbocycles. The summed E-state index contributed by atoms with van der Waals surface area (Å²) in [4.78, 5) is 26.3. The summed E-state index contributed by atoms with van der Waals surface area (Å²) in [7, 11) is 1.49. The Balaban J connectivity index is 2.06. The molecule has 2 amide bonds. The highest BCUT2D eigenvalue weighted by Crippen LogP contribution is 2.27. The van der Waals surface area contributed by atoms with E-state index in [9.17, 15) is 14.0 Å².